The summed E-state index contributed by atoms with van der Waals surface area (Å²) in [6.07, 6.45) is 7.73. The predicted octanol–water partition coefficient (Wildman–Crippen LogP) is 2.41. The number of imidazole rings is 1. The highest BCUT2D eigenvalue weighted by atomic mass is 15.2. The minimum absolute atomic E-state index is 0.323. The fourth-order valence-corrected chi connectivity index (χ4v) is 3.06. The number of nitrogens with two attached hydrogens (primary N) is 1. The van der Waals surface area contributed by atoms with Crippen LogP contribution in [0.4, 0.5) is 0 Å². The molecular formula is C15H28N4. The molecular weight excluding hydrogens is 236 g/mol. The van der Waals surface area contributed by atoms with Crippen molar-refractivity contribution >= 4 is 0 Å². The highest BCUT2D eigenvalue weighted by molar-refractivity contribution is 5.07. The number of likely N-dealkylation sites (tertiary alicyclic amines) is 1. The minimum atomic E-state index is 0.323. The SMILES string of the molecule is CCn1cncc1C(CN)N1CCC(C)(CC)CC1. The number of hydrogen-bond donors (Lipinski definition) is 1. The van der Waals surface area contributed by atoms with Gasteiger partial charge in [0.1, 0.15) is 0 Å². The lowest BCUT2D eigenvalue weighted by molar-refractivity contribution is 0.0802. The Morgan fingerprint density at radius 2 is 2.05 bits per heavy atom. The van der Waals surface area contributed by atoms with Gasteiger partial charge in [-0.15, -0.1) is 0 Å². The Hall–Kier alpha value is -0.870. The normalized spacial score (nSPS) is 21.5. The molecule has 0 amide bonds. The van der Waals surface area contributed by atoms with Crippen LogP contribution >= 0.6 is 0 Å². The monoisotopic (exact) mass is 264 g/mol. The Balaban J connectivity index is 2.08. The zero-order valence-electron chi connectivity index (χ0n) is 12.6. The van der Waals surface area contributed by atoms with Crippen LogP contribution in [0.5, 0.6) is 0 Å². The van der Waals surface area contributed by atoms with E-state index in [4.69, 9.17) is 5.73 Å². The van der Waals surface area contributed by atoms with Gasteiger partial charge in [-0.2, -0.15) is 0 Å². The van der Waals surface area contributed by atoms with Crippen LogP contribution in [0.25, 0.3) is 0 Å². The third-order valence-corrected chi connectivity index (χ3v) is 4.95. The van der Waals surface area contributed by atoms with Crippen molar-refractivity contribution in [2.24, 2.45) is 11.1 Å². The summed E-state index contributed by atoms with van der Waals surface area (Å²) in [6.45, 7) is 10.8. The molecule has 108 valence electrons. The van der Waals surface area contributed by atoms with Gasteiger partial charge in [0, 0.05) is 19.3 Å². The largest absolute Gasteiger partial charge is 0.333 e. The molecule has 1 unspecified atom stereocenters. The molecule has 0 spiro atoms. The van der Waals surface area contributed by atoms with E-state index in [-0.39, 0.29) is 0 Å². The molecule has 1 aliphatic rings. The van der Waals surface area contributed by atoms with Crippen LogP contribution in [0.2, 0.25) is 0 Å². The first-order chi connectivity index (χ1) is 9.13. The number of nitrogens with zero attached hydrogens (tertiary/aromatic N) is 3. The molecule has 0 radical (unpaired) electrons. The van der Waals surface area contributed by atoms with Crippen LogP contribution in [-0.2, 0) is 6.54 Å². The third-order valence-electron chi connectivity index (χ3n) is 4.95. The molecule has 1 saturated heterocycles. The Kier molecular flexibility index (Phi) is 4.63. The summed E-state index contributed by atoms with van der Waals surface area (Å²) in [6, 6.07) is 0.323. The van der Waals surface area contributed by atoms with Crippen molar-refractivity contribution in [3.05, 3.63) is 18.2 Å². The number of piperidine rings is 1. The first kappa shape index (κ1) is 14.5. The maximum atomic E-state index is 6.04. The lowest BCUT2D eigenvalue weighted by atomic mass is 9.78. The van der Waals surface area contributed by atoms with Gasteiger partial charge in [0.25, 0.3) is 0 Å². The van der Waals surface area contributed by atoms with Crippen LogP contribution in [-0.4, -0.2) is 34.1 Å². The summed E-state index contributed by atoms with van der Waals surface area (Å²) in [7, 11) is 0. The lowest BCUT2D eigenvalue weighted by Crippen LogP contribution is -2.43. The van der Waals surface area contributed by atoms with E-state index >= 15 is 0 Å². The number of hydrogen-bond acceptors (Lipinski definition) is 3. The van der Waals surface area contributed by atoms with Crippen LogP contribution < -0.4 is 5.73 Å². The molecule has 0 saturated carbocycles. The van der Waals surface area contributed by atoms with Gasteiger partial charge < -0.3 is 10.3 Å². The van der Waals surface area contributed by atoms with Crippen molar-refractivity contribution in [1.82, 2.24) is 14.5 Å². The standard InChI is InChI=1S/C15H28N4/c1-4-15(3)6-8-19(9-7-15)13(10-16)14-11-17-12-18(14)5-2/h11-13H,4-10,16H2,1-3H3. The van der Waals surface area contributed by atoms with Crippen molar-refractivity contribution in [3.8, 4) is 0 Å². The summed E-state index contributed by atoms with van der Waals surface area (Å²) in [5, 5.41) is 0. The Morgan fingerprint density at radius 3 is 2.58 bits per heavy atom. The molecule has 2 rings (SSSR count). The van der Waals surface area contributed by atoms with E-state index in [0.29, 0.717) is 18.0 Å². The summed E-state index contributed by atoms with van der Waals surface area (Å²) >= 11 is 0. The molecule has 2 heterocycles. The maximum absolute atomic E-state index is 6.04. The van der Waals surface area contributed by atoms with E-state index in [1.54, 1.807) is 0 Å². The van der Waals surface area contributed by atoms with E-state index in [1.807, 2.05) is 12.5 Å². The topological polar surface area (TPSA) is 47.1 Å². The summed E-state index contributed by atoms with van der Waals surface area (Å²) in [5.41, 5.74) is 7.83. The second kappa shape index (κ2) is 6.06. The molecule has 0 bridgehead atoms. The maximum Gasteiger partial charge on any atom is 0.0948 e. The number of aromatic nitrogens is 2. The van der Waals surface area contributed by atoms with Crippen molar-refractivity contribution in [2.75, 3.05) is 19.6 Å². The van der Waals surface area contributed by atoms with E-state index < -0.39 is 0 Å². The average molecular weight is 264 g/mol. The van der Waals surface area contributed by atoms with E-state index in [0.717, 1.165) is 19.6 Å². The van der Waals surface area contributed by atoms with Gasteiger partial charge in [-0.1, -0.05) is 20.3 Å². The molecule has 1 aromatic heterocycles. The number of rotatable bonds is 5. The third kappa shape index (κ3) is 3.00. The zero-order valence-corrected chi connectivity index (χ0v) is 12.6. The molecule has 1 aromatic rings. The summed E-state index contributed by atoms with van der Waals surface area (Å²) in [5.74, 6) is 0. The van der Waals surface area contributed by atoms with E-state index in [2.05, 4.69) is 35.2 Å². The van der Waals surface area contributed by atoms with E-state index in [9.17, 15) is 0 Å². The smallest absolute Gasteiger partial charge is 0.0948 e. The second-order valence-electron chi connectivity index (χ2n) is 6.06. The van der Waals surface area contributed by atoms with Crippen molar-refractivity contribution in [3.63, 3.8) is 0 Å². The van der Waals surface area contributed by atoms with Gasteiger partial charge in [0.05, 0.1) is 18.1 Å². The van der Waals surface area contributed by atoms with Gasteiger partial charge >= 0.3 is 0 Å². The Morgan fingerprint density at radius 1 is 1.37 bits per heavy atom. The summed E-state index contributed by atoms with van der Waals surface area (Å²) < 4.78 is 2.21. The average Bonchev–Trinajstić information content (AvgIpc) is 2.90. The van der Waals surface area contributed by atoms with Gasteiger partial charge in [-0.25, -0.2) is 4.98 Å². The van der Waals surface area contributed by atoms with E-state index in [1.165, 1.54) is 25.0 Å². The van der Waals surface area contributed by atoms with Crippen LogP contribution in [0.1, 0.15) is 51.8 Å². The fraction of sp³-hybridized carbons (Fsp3) is 0.800. The zero-order chi connectivity index (χ0) is 13.9. The van der Waals surface area contributed by atoms with Crippen molar-refractivity contribution < 1.29 is 0 Å². The van der Waals surface area contributed by atoms with Gasteiger partial charge in [-0.3, -0.25) is 4.90 Å². The lowest BCUT2D eigenvalue weighted by Gasteiger charge is -2.42. The summed E-state index contributed by atoms with van der Waals surface area (Å²) in [4.78, 5) is 6.82. The fourth-order valence-electron chi connectivity index (χ4n) is 3.06. The first-order valence-electron chi connectivity index (χ1n) is 7.57. The quantitative estimate of drug-likeness (QED) is 0.888. The second-order valence-corrected chi connectivity index (χ2v) is 6.06. The molecule has 0 aliphatic carbocycles. The molecule has 19 heavy (non-hydrogen) atoms. The highest BCUT2D eigenvalue weighted by Crippen LogP contribution is 2.36. The number of aryl methyl sites for hydroxylation is 1. The minimum Gasteiger partial charge on any atom is -0.333 e. The first-order valence-corrected chi connectivity index (χ1v) is 7.57. The van der Waals surface area contributed by atoms with Crippen molar-refractivity contribution in [2.45, 2.75) is 52.6 Å². The molecule has 1 aliphatic heterocycles. The van der Waals surface area contributed by atoms with Gasteiger partial charge in [0.15, 0.2) is 0 Å². The Labute approximate surface area is 117 Å². The molecule has 1 fully saturated rings. The molecule has 0 aromatic carbocycles. The van der Waals surface area contributed by atoms with Gasteiger partial charge in [-0.05, 0) is 38.3 Å². The predicted molar refractivity (Wildman–Crippen MR) is 78.9 cm³/mol. The Bertz CT molecular complexity index is 391. The van der Waals surface area contributed by atoms with Crippen LogP contribution in [0.3, 0.4) is 0 Å². The molecule has 4 nitrogen and oxygen atoms in total. The molecule has 4 heteroatoms. The van der Waals surface area contributed by atoms with Crippen LogP contribution in [0, 0.1) is 5.41 Å². The highest BCUT2D eigenvalue weighted by Gasteiger charge is 2.32. The van der Waals surface area contributed by atoms with Crippen molar-refractivity contribution in [1.29, 1.82) is 0 Å². The molecule has 1 atom stereocenters. The van der Waals surface area contributed by atoms with Crippen LogP contribution in [0.15, 0.2) is 12.5 Å². The van der Waals surface area contributed by atoms with Gasteiger partial charge in [0.2, 0.25) is 0 Å². The molecule has 2 N–H and O–H groups in total.